The molecule has 4 rings (SSSR count). The summed E-state index contributed by atoms with van der Waals surface area (Å²) in [6.07, 6.45) is 3.40. The van der Waals surface area contributed by atoms with Gasteiger partial charge < -0.3 is 10.1 Å². The predicted octanol–water partition coefficient (Wildman–Crippen LogP) is 4.60. The number of anilines is 1. The lowest BCUT2D eigenvalue weighted by Gasteiger charge is -2.11. The second-order valence-electron chi connectivity index (χ2n) is 6.66. The minimum Gasteiger partial charge on any atom is -0.494 e. The molecule has 0 fully saturated rings. The molecule has 2 aromatic heterocycles. The van der Waals surface area contributed by atoms with E-state index >= 15 is 0 Å². The molecule has 9 heteroatoms. The fraction of sp³-hybridized carbons (Fsp3) is 0.130. The average molecular weight is 450 g/mol. The van der Waals surface area contributed by atoms with Gasteiger partial charge in [-0.05, 0) is 61.5 Å². The van der Waals surface area contributed by atoms with Crippen molar-refractivity contribution in [2.75, 3.05) is 17.7 Å². The summed E-state index contributed by atoms with van der Waals surface area (Å²) in [6, 6.07) is 17.0. The molecular formula is C23H20FN5O2S. The highest BCUT2D eigenvalue weighted by Gasteiger charge is 2.17. The van der Waals surface area contributed by atoms with E-state index in [-0.39, 0.29) is 11.7 Å². The van der Waals surface area contributed by atoms with Gasteiger partial charge in [0, 0.05) is 29.3 Å². The van der Waals surface area contributed by atoms with Gasteiger partial charge in [0.05, 0.1) is 12.4 Å². The first kappa shape index (κ1) is 21.5. The van der Waals surface area contributed by atoms with Crippen LogP contribution in [0.15, 0.2) is 78.2 Å². The van der Waals surface area contributed by atoms with Crippen LogP contribution in [0.4, 0.5) is 10.1 Å². The second-order valence-corrected chi connectivity index (χ2v) is 7.60. The molecule has 0 spiro atoms. The Morgan fingerprint density at radius 3 is 2.69 bits per heavy atom. The number of nitrogens with zero attached hydrogens (tertiary/aromatic N) is 4. The monoisotopic (exact) mass is 449 g/mol. The average Bonchev–Trinajstić information content (AvgIpc) is 3.23. The van der Waals surface area contributed by atoms with Gasteiger partial charge in [-0.25, -0.2) is 4.39 Å². The minimum absolute atomic E-state index is 0.0821. The summed E-state index contributed by atoms with van der Waals surface area (Å²) < 4.78 is 20.8. The van der Waals surface area contributed by atoms with Crippen molar-refractivity contribution in [2.24, 2.45) is 0 Å². The summed E-state index contributed by atoms with van der Waals surface area (Å²) in [6.45, 7) is 2.51. The van der Waals surface area contributed by atoms with Crippen LogP contribution in [0.1, 0.15) is 6.92 Å². The van der Waals surface area contributed by atoms with E-state index in [4.69, 9.17) is 4.74 Å². The Bertz CT molecular complexity index is 1200. The van der Waals surface area contributed by atoms with Crippen LogP contribution in [-0.4, -0.2) is 38.0 Å². The molecule has 7 nitrogen and oxygen atoms in total. The van der Waals surface area contributed by atoms with Gasteiger partial charge in [0.25, 0.3) is 0 Å². The summed E-state index contributed by atoms with van der Waals surface area (Å²) in [7, 11) is 0. The number of amides is 1. The normalized spacial score (nSPS) is 10.7. The maximum atomic E-state index is 13.4. The van der Waals surface area contributed by atoms with Crippen molar-refractivity contribution in [3.63, 3.8) is 0 Å². The molecule has 4 aromatic rings. The number of hydrogen-bond donors (Lipinski definition) is 1. The van der Waals surface area contributed by atoms with Crippen LogP contribution in [0, 0.1) is 5.82 Å². The van der Waals surface area contributed by atoms with Gasteiger partial charge >= 0.3 is 0 Å². The molecule has 162 valence electrons. The van der Waals surface area contributed by atoms with E-state index in [9.17, 15) is 9.18 Å². The first-order valence-electron chi connectivity index (χ1n) is 9.91. The summed E-state index contributed by atoms with van der Waals surface area (Å²) >= 11 is 1.24. The number of rotatable bonds is 8. The van der Waals surface area contributed by atoms with E-state index in [0.29, 0.717) is 23.3 Å². The van der Waals surface area contributed by atoms with E-state index in [1.165, 1.54) is 23.9 Å². The SMILES string of the molecule is CCOc1ccc(-n2c(SCC(=O)Nc3cccc(F)c3)nnc2-c2cccnc2)cc1. The Hall–Kier alpha value is -3.72. The van der Waals surface area contributed by atoms with Crippen LogP contribution in [-0.2, 0) is 4.79 Å². The van der Waals surface area contributed by atoms with Crippen LogP contribution in [0.5, 0.6) is 5.75 Å². The lowest BCUT2D eigenvalue weighted by molar-refractivity contribution is -0.113. The Kier molecular flexibility index (Phi) is 6.76. The number of benzene rings is 2. The molecular weight excluding hydrogens is 429 g/mol. The van der Waals surface area contributed by atoms with Gasteiger partial charge in [-0.2, -0.15) is 0 Å². The molecule has 0 saturated heterocycles. The lowest BCUT2D eigenvalue weighted by atomic mass is 10.2. The van der Waals surface area contributed by atoms with Crippen molar-refractivity contribution in [3.05, 3.63) is 78.9 Å². The van der Waals surface area contributed by atoms with E-state index in [0.717, 1.165) is 17.0 Å². The molecule has 0 radical (unpaired) electrons. The summed E-state index contributed by atoms with van der Waals surface area (Å²) in [5, 5.41) is 11.9. The highest BCUT2D eigenvalue weighted by atomic mass is 32.2. The van der Waals surface area contributed by atoms with Crippen LogP contribution in [0.3, 0.4) is 0 Å². The van der Waals surface area contributed by atoms with Crippen molar-refractivity contribution < 1.29 is 13.9 Å². The van der Waals surface area contributed by atoms with E-state index in [1.54, 1.807) is 24.5 Å². The minimum atomic E-state index is -0.410. The third kappa shape index (κ3) is 5.12. The van der Waals surface area contributed by atoms with Gasteiger partial charge in [-0.1, -0.05) is 17.8 Å². The number of ether oxygens (including phenoxy) is 1. The molecule has 0 atom stereocenters. The Morgan fingerprint density at radius 2 is 1.97 bits per heavy atom. The first-order chi connectivity index (χ1) is 15.6. The third-order valence-electron chi connectivity index (χ3n) is 4.40. The van der Waals surface area contributed by atoms with Crippen molar-refractivity contribution >= 4 is 23.4 Å². The van der Waals surface area contributed by atoms with Crippen molar-refractivity contribution in [1.29, 1.82) is 0 Å². The zero-order valence-electron chi connectivity index (χ0n) is 17.2. The van der Waals surface area contributed by atoms with Crippen LogP contribution < -0.4 is 10.1 Å². The predicted molar refractivity (Wildman–Crippen MR) is 122 cm³/mol. The maximum Gasteiger partial charge on any atom is 0.234 e. The number of pyridine rings is 1. The smallest absolute Gasteiger partial charge is 0.234 e. The number of carbonyl (C=O) groups excluding carboxylic acids is 1. The van der Waals surface area contributed by atoms with E-state index in [2.05, 4.69) is 20.5 Å². The highest BCUT2D eigenvalue weighted by molar-refractivity contribution is 7.99. The molecule has 0 aliphatic carbocycles. The van der Waals surface area contributed by atoms with Crippen molar-refractivity contribution in [1.82, 2.24) is 19.7 Å². The molecule has 0 aliphatic rings. The molecule has 1 amide bonds. The Balaban J connectivity index is 1.59. The van der Waals surface area contributed by atoms with Gasteiger partial charge in [0.1, 0.15) is 11.6 Å². The van der Waals surface area contributed by atoms with E-state index in [1.807, 2.05) is 47.9 Å². The number of halogens is 1. The molecule has 0 bridgehead atoms. The van der Waals surface area contributed by atoms with Crippen molar-refractivity contribution in [2.45, 2.75) is 12.1 Å². The molecule has 1 N–H and O–H groups in total. The van der Waals surface area contributed by atoms with Crippen molar-refractivity contribution in [3.8, 4) is 22.8 Å². The van der Waals surface area contributed by atoms with Gasteiger partial charge in [0.15, 0.2) is 11.0 Å². The zero-order valence-corrected chi connectivity index (χ0v) is 18.1. The van der Waals surface area contributed by atoms with Gasteiger partial charge in [0.2, 0.25) is 5.91 Å². The fourth-order valence-electron chi connectivity index (χ4n) is 3.03. The second kappa shape index (κ2) is 10.1. The number of thioether (sulfide) groups is 1. The first-order valence-corrected chi connectivity index (χ1v) is 10.9. The number of carbonyl (C=O) groups is 1. The largest absolute Gasteiger partial charge is 0.494 e. The molecule has 0 aliphatic heterocycles. The highest BCUT2D eigenvalue weighted by Crippen LogP contribution is 2.28. The fourth-order valence-corrected chi connectivity index (χ4v) is 3.78. The lowest BCUT2D eigenvalue weighted by Crippen LogP contribution is -2.14. The number of aromatic nitrogens is 4. The summed E-state index contributed by atoms with van der Waals surface area (Å²) in [4.78, 5) is 16.6. The molecule has 32 heavy (non-hydrogen) atoms. The topological polar surface area (TPSA) is 81.9 Å². The summed E-state index contributed by atoms with van der Waals surface area (Å²) in [5.74, 6) is 0.765. The standard InChI is InChI=1S/C23H20FN5O2S/c1-2-31-20-10-8-19(9-11-20)29-22(16-5-4-12-25-14-16)27-28-23(29)32-15-21(30)26-18-7-3-6-17(24)13-18/h3-14H,2,15H2,1H3,(H,26,30). The molecule has 2 heterocycles. The van der Waals surface area contributed by atoms with Gasteiger partial charge in [-0.15, -0.1) is 10.2 Å². The quantitative estimate of drug-likeness (QED) is 0.396. The summed E-state index contributed by atoms with van der Waals surface area (Å²) in [5.41, 5.74) is 2.02. The maximum absolute atomic E-state index is 13.4. The molecule has 0 unspecified atom stereocenters. The number of nitrogens with one attached hydrogen (secondary N) is 1. The van der Waals surface area contributed by atoms with Crippen LogP contribution in [0.2, 0.25) is 0 Å². The molecule has 2 aromatic carbocycles. The zero-order chi connectivity index (χ0) is 22.3. The van der Waals surface area contributed by atoms with Crippen LogP contribution in [0.25, 0.3) is 17.1 Å². The molecule has 0 saturated carbocycles. The van der Waals surface area contributed by atoms with E-state index < -0.39 is 5.82 Å². The number of hydrogen-bond acceptors (Lipinski definition) is 6. The Labute approximate surface area is 188 Å². The van der Waals surface area contributed by atoms with Crippen LogP contribution >= 0.6 is 11.8 Å². The Morgan fingerprint density at radius 1 is 1.12 bits per heavy atom. The van der Waals surface area contributed by atoms with Gasteiger partial charge in [-0.3, -0.25) is 14.3 Å². The third-order valence-corrected chi connectivity index (χ3v) is 5.33.